The summed E-state index contributed by atoms with van der Waals surface area (Å²) in [5, 5.41) is 0.989. The Morgan fingerprint density at radius 3 is 2.27 bits per heavy atom. The average molecular weight is 475 g/mol. The van der Waals surface area contributed by atoms with Crippen molar-refractivity contribution < 1.29 is 30.7 Å². The van der Waals surface area contributed by atoms with Crippen molar-refractivity contribution in [3.8, 4) is 16.9 Å². The molecule has 0 unspecified atom stereocenters. The van der Waals surface area contributed by atoms with E-state index in [2.05, 4.69) is 0 Å². The van der Waals surface area contributed by atoms with Crippen molar-refractivity contribution >= 4 is 26.5 Å². The molecule has 33 heavy (non-hydrogen) atoms. The smallest absolute Gasteiger partial charge is 0.488 e. The minimum Gasteiger partial charge on any atom is -0.488 e. The zero-order valence-corrected chi connectivity index (χ0v) is 17.8. The van der Waals surface area contributed by atoms with Crippen molar-refractivity contribution in [2.45, 2.75) is 12.1 Å². The summed E-state index contributed by atoms with van der Waals surface area (Å²) in [5.74, 6) is -0.0512. The highest BCUT2D eigenvalue weighted by Crippen LogP contribution is 2.31. The zero-order valence-electron chi connectivity index (χ0n) is 16.9. The van der Waals surface area contributed by atoms with Crippen LogP contribution in [0.3, 0.4) is 0 Å². The summed E-state index contributed by atoms with van der Waals surface area (Å²) in [7, 11) is -5.53. The summed E-state index contributed by atoms with van der Waals surface area (Å²) in [5.41, 5.74) is -3.71. The second-order valence-electron chi connectivity index (χ2n) is 7.20. The zero-order chi connectivity index (χ0) is 23.6. The summed E-state index contributed by atoms with van der Waals surface area (Å²) in [6.07, 6.45) is 0. The third-order valence-electron chi connectivity index (χ3n) is 4.94. The number of nitrogens with one attached hydrogen (secondary N) is 1. The van der Waals surface area contributed by atoms with Crippen molar-refractivity contribution in [1.29, 1.82) is 0 Å². The molecule has 4 aromatic carbocycles. The van der Waals surface area contributed by atoms with Gasteiger partial charge in [0.1, 0.15) is 18.2 Å². The first-order valence-electron chi connectivity index (χ1n) is 9.72. The Morgan fingerprint density at radius 2 is 1.58 bits per heavy atom. The van der Waals surface area contributed by atoms with E-state index < -0.39 is 21.3 Å². The van der Waals surface area contributed by atoms with E-state index in [-0.39, 0.29) is 12.3 Å². The van der Waals surface area contributed by atoms with Crippen LogP contribution in [0.5, 0.6) is 5.75 Å². The molecule has 0 radical (unpaired) electrons. The molecular formula is C24H17F4NO3S. The van der Waals surface area contributed by atoms with Gasteiger partial charge in [-0.1, -0.05) is 54.6 Å². The molecule has 170 valence electrons. The molecule has 4 rings (SSSR count). The Bertz CT molecular complexity index is 1400. The van der Waals surface area contributed by atoms with Crippen molar-refractivity contribution in [3.05, 3.63) is 96.3 Å². The number of anilines is 1. The maximum absolute atomic E-state index is 14.6. The first kappa shape index (κ1) is 22.6. The molecule has 0 saturated heterocycles. The number of hydrogen-bond acceptors (Lipinski definition) is 3. The monoisotopic (exact) mass is 475 g/mol. The van der Waals surface area contributed by atoms with Crippen LogP contribution in [0.4, 0.5) is 23.2 Å². The molecule has 0 spiro atoms. The topological polar surface area (TPSA) is 55.4 Å². The number of alkyl halides is 3. The number of sulfonamides is 1. The predicted octanol–water partition coefficient (Wildman–Crippen LogP) is 6.49. The van der Waals surface area contributed by atoms with E-state index in [1.807, 2.05) is 30.3 Å². The van der Waals surface area contributed by atoms with Gasteiger partial charge in [-0.15, -0.1) is 0 Å². The minimum atomic E-state index is -5.53. The molecular weight excluding hydrogens is 458 g/mol. The lowest BCUT2D eigenvalue weighted by Gasteiger charge is -2.13. The third kappa shape index (κ3) is 4.93. The van der Waals surface area contributed by atoms with Gasteiger partial charge >= 0.3 is 15.5 Å². The molecule has 0 fully saturated rings. The number of fused-ring (bicyclic) bond motifs is 1. The van der Waals surface area contributed by atoms with Gasteiger partial charge in [0.2, 0.25) is 0 Å². The SMILES string of the molecule is O=S(=O)(Nc1ccc2c(OCc3ccc(-c4ccccc4)cc3F)cccc2c1)C(F)(F)F. The second-order valence-corrected chi connectivity index (χ2v) is 8.88. The van der Waals surface area contributed by atoms with Gasteiger partial charge in [-0.05, 0) is 46.8 Å². The highest BCUT2D eigenvalue weighted by atomic mass is 32.2. The first-order valence-corrected chi connectivity index (χ1v) is 11.2. The van der Waals surface area contributed by atoms with Crippen LogP contribution in [0.25, 0.3) is 21.9 Å². The van der Waals surface area contributed by atoms with E-state index in [9.17, 15) is 26.0 Å². The lowest BCUT2D eigenvalue weighted by atomic mass is 10.0. The Morgan fingerprint density at radius 1 is 0.818 bits per heavy atom. The number of hydrogen-bond donors (Lipinski definition) is 1. The highest BCUT2D eigenvalue weighted by Gasteiger charge is 2.46. The molecule has 0 bridgehead atoms. The fourth-order valence-corrected chi connectivity index (χ4v) is 3.84. The molecule has 4 nitrogen and oxygen atoms in total. The summed E-state index contributed by atoms with van der Waals surface area (Å²) in [6, 6.07) is 23.0. The van der Waals surface area contributed by atoms with Crippen LogP contribution in [-0.2, 0) is 16.6 Å². The van der Waals surface area contributed by atoms with E-state index in [1.54, 1.807) is 30.3 Å². The molecule has 0 heterocycles. The molecule has 0 aliphatic rings. The third-order valence-corrected chi connectivity index (χ3v) is 6.05. The Labute approximate surface area is 187 Å². The van der Waals surface area contributed by atoms with Gasteiger partial charge in [-0.3, -0.25) is 4.72 Å². The van der Waals surface area contributed by atoms with Gasteiger partial charge in [0.05, 0.1) is 0 Å². The summed E-state index contributed by atoms with van der Waals surface area (Å²) < 4.78 is 82.4. The second kappa shape index (κ2) is 8.74. The van der Waals surface area contributed by atoms with Gasteiger partial charge in [0.25, 0.3) is 0 Å². The van der Waals surface area contributed by atoms with Crippen LogP contribution in [0.1, 0.15) is 5.56 Å². The Kier molecular flexibility index (Phi) is 5.99. The van der Waals surface area contributed by atoms with Crippen molar-refractivity contribution in [2.75, 3.05) is 4.72 Å². The number of benzene rings is 4. The van der Waals surface area contributed by atoms with E-state index in [1.165, 1.54) is 29.0 Å². The van der Waals surface area contributed by atoms with Crippen LogP contribution in [0.15, 0.2) is 84.9 Å². The number of ether oxygens (including phenoxy) is 1. The number of halogens is 4. The van der Waals surface area contributed by atoms with Crippen LogP contribution in [-0.4, -0.2) is 13.9 Å². The van der Waals surface area contributed by atoms with E-state index in [4.69, 9.17) is 4.74 Å². The van der Waals surface area contributed by atoms with Gasteiger partial charge in [0, 0.05) is 16.6 Å². The van der Waals surface area contributed by atoms with E-state index in [0.717, 1.165) is 11.1 Å². The standard InChI is InChI=1S/C24H17F4NO3S/c25-22-14-17(16-5-2-1-3-6-16)9-10-19(22)15-32-23-8-4-7-18-13-20(11-12-21(18)23)29-33(30,31)24(26,27)28/h1-14,29H,15H2. The Hall–Kier alpha value is -3.59. The molecule has 0 atom stereocenters. The van der Waals surface area contributed by atoms with Gasteiger partial charge in [0.15, 0.2) is 0 Å². The fraction of sp³-hybridized carbons (Fsp3) is 0.0833. The normalized spacial score (nSPS) is 12.0. The average Bonchev–Trinajstić information content (AvgIpc) is 2.77. The quantitative estimate of drug-likeness (QED) is 0.325. The van der Waals surface area contributed by atoms with Gasteiger partial charge in [-0.25, -0.2) is 4.39 Å². The lowest BCUT2D eigenvalue weighted by Crippen LogP contribution is -2.29. The van der Waals surface area contributed by atoms with Crippen LogP contribution >= 0.6 is 0 Å². The minimum absolute atomic E-state index is 0.0670. The maximum Gasteiger partial charge on any atom is 0.516 e. The highest BCUT2D eigenvalue weighted by molar-refractivity contribution is 7.93. The Balaban J connectivity index is 1.54. The largest absolute Gasteiger partial charge is 0.516 e. The van der Waals surface area contributed by atoms with E-state index >= 15 is 0 Å². The molecule has 9 heteroatoms. The molecule has 0 amide bonds. The lowest BCUT2D eigenvalue weighted by molar-refractivity contribution is -0.0429. The molecule has 0 saturated carbocycles. The predicted molar refractivity (Wildman–Crippen MR) is 119 cm³/mol. The number of rotatable bonds is 6. The van der Waals surface area contributed by atoms with Crippen LogP contribution in [0.2, 0.25) is 0 Å². The van der Waals surface area contributed by atoms with Gasteiger partial charge in [-0.2, -0.15) is 21.6 Å². The molecule has 0 aromatic heterocycles. The van der Waals surface area contributed by atoms with Crippen molar-refractivity contribution in [1.82, 2.24) is 0 Å². The molecule has 4 aromatic rings. The molecule has 0 aliphatic heterocycles. The van der Waals surface area contributed by atoms with Gasteiger partial charge < -0.3 is 4.74 Å². The van der Waals surface area contributed by atoms with Crippen molar-refractivity contribution in [2.24, 2.45) is 0 Å². The van der Waals surface area contributed by atoms with Crippen molar-refractivity contribution in [3.63, 3.8) is 0 Å². The summed E-state index contributed by atoms with van der Waals surface area (Å²) in [4.78, 5) is 0. The van der Waals surface area contributed by atoms with Crippen LogP contribution in [0, 0.1) is 5.82 Å². The van der Waals surface area contributed by atoms with E-state index in [0.29, 0.717) is 22.1 Å². The first-order chi connectivity index (χ1) is 15.6. The van der Waals surface area contributed by atoms with Crippen LogP contribution < -0.4 is 9.46 Å². The fourth-order valence-electron chi connectivity index (χ4n) is 3.29. The molecule has 0 aliphatic carbocycles. The maximum atomic E-state index is 14.6. The summed E-state index contributed by atoms with van der Waals surface area (Å²) in [6.45, 7) is -0.0670. The molecule has 1 N–H and O–H groups in total. The summed E-state index contributed by atoms with van der Waals surface area (Å²) >= 11 is 0.